The van der Waals surface area contributed by atoms with Crippen LogP contribution in [0.5, 0.6) is 5.75 Å². The van der Waals surface area contributed by atoms with Gasteiger partial charge in [0.15, 0.2) is 11.6 Å². The van der Waals surface area contributed by atoms with Gasteiger partial charge in [-0.3, -0.25) is 0 Å². The van der Waals surface area contributed by atoms with Crippen molar-refractivity contribution in [1.29, 1.82) is 0 Å². The average molecular weight is 267 g/mol. The summed E-state index contributed by atoms with van der Waals surface area (Å²) < 4.78 is 18.8. The highest BCUT2D eigenvalue weighted by Gasteiger charge is 2.07. The Balaban J connectivity index is 2.16. The Bertz CT molecular complexity index is 523. The summed E-state index contributed by atoms with van der Waals surface area (Å²) in [5.74, 6) is 0.110. The molecule has 0 amide bonds. The predicted octanol–water partition coefficient (Wildman–Crippen LogP) is 3.34. The van der Waals surface area contributed by atoms with E-state index in [4.69, 9.17) is 22.1 Å². The SMILES string of the molecule is Cc1ccc(F)c(OCc2nc(N)ccc2Cl)c1. The zero-order valence-electron chi connectivity index (χ0n) is 9.78. The van der Waals surface area contributed by atoms with Crippen LogP contribution in [-0.2, 0) is 6.61 Å². The third-order valence-corrected chi connectivity index (χ3v) is 2.74. The van der Waals surface area contributed by atoms with Crippen molar-refractivity contribution in [1.82, 2.24) is 4.98 Å². The van der Waals surface area contributed by atoms with E-state index in [2.05, 4.69) is 4.98 Å². The van der Waals surface area contributed by atoms with Gasteiger partial charge in [0.05, 0.1) is 10.7 Å². The number of halogens is 2. The second-order valence-electron chi connectivity index (χ2n) is 3.89. The summed E-state index contributed by atoms with van der Waals surface area (Å²) in [4.78, 5) is 4.04. The number of ether oxygens (including phenoxy) is 1. The second kappa shape index (κ2) is 5.23. The highest BCUT2D eigenvalue weighted by atomic mass is 35.5. The molecule has 0 saturated carbocycles. The zero-order chi connectivity index (χ0) is 13.1. The number of nitrogens with two attached hydrogens (primary N) is 1. The van der Waals surface area contributed by atoms with Crippen LogP contribution in [0.15, 0.2) is 30.3 Å². The van der Waals surface area contributed by atoms with E-state index < -0.39 is 5.82 Å². The van der Waals surface area contributed by atoms with E-state index in [1.54, 1.807) is 24.3 Å². The topological polar surface area (TPSA) is 48.1 Å². The van der Waals surface area contributed by atoms with Gasteiger partial charge in [-0.2, -0.15) is 0 Å². The van der Waals surface area contributed by atoms with Crippen LogP contribution in [0.2, 0.25) is 5.02 Å². The molecule has 0 atom stereocenters. The number of nitrogens with zero attached hydrogens (tertiary/aromatic N) is 1. The third-order valence-electron chi connectivity index (χ3n) is 2.39. The Labute approximate surface area is 109 Å². The normalized spacial score (nSPS) is 10.4. The number of pyridine rings is 1. The van der Waals surface area contributed by atoms with Gasteiger partial charge in [-0.15, -0.1) is 0 Å². The first-order valence-electron chi connectivity index (χ1n) is 5.36. The number of nitrogen functional groups attached to an aromatic ring is 1. The minimum atomic E-state index is -0.416. The van der Waals surface area contributed by atoms with Crippen LogP contribution in [0.1, 0.15) is 11.3 Å². The fourth-order valence-corrected chi connectivity index (χ4v) is 1.63. The molecule has 0 radical (unpaired) electrons. The van der Waals surface area contributed by atoms with Crippen LogP contribution in [-0.4, -0.2) is 4.98 Å². The molecule has 0 fully saturated rings. The van der Waals surface area contributed by atoms with Crippen molar-refractivity contribution in [2.45, 2.75) is 13.5 Å². The molecule has 0 saturated heterocycles. The standard InChI is InChI=1S/C13H12ClFN2O/c1-8-2-4-10(15)12(6-8)18-7-11-9(14)3-5-13(16)17-11/h2-6H,7H2,1H3,(H2,16,17). The van der Waals surface area contributed by atoms with Gasteiger partial charge in [-0.05, 0) is 36.8 Å². The first kappa shape index (κ1) is 12.6. The van der Waals surface area contributed by atoms with E-state index in [0.29, 0.717) is 16.5 Å². The number of hydrogen-bond donors (Lipinski definition) is 1. The lowest BCUT2D eigenvalue weighted by atomic mass is 10.2. The molecule has 1 heterocycles. The number of aryl methyl sites for hydroxylation is 1. The molecule has 94 valence electrons. The van der Waals surface area contributed by atoms with E-state index in [0.717, 1.165) is 5.56 Å². The van der Waals surface area contributed by atoms with Crippen molar-refractivity contribution < 1.29 is 9.13 Å². The predicted molar refractivity (Wildman–Crippen MR) is 69.1 cm³/mol. The molecule has 0 aliphatic heterocycles. The van der Waals surface area contributed by atoms with Crippen molar-refractivity contribution in [3.8, 4) is 5.75 Å². The summed E-state index contributed by atoms with van der Waals surface area (Å²) in [7, 11) is 0. The lowest BCUT2D eigenvalue weighted by Crippen LogP contribution is -2.03. The Hall–Kier alpha value is -1.81. The number of rotatable bonds is 3. The third kappa shape index (κ3) is 2.90. The molecule has 2 aromatic rings. The van der Waals surface area contributed by atoms with E-state index in [-0.39, 0.29) is 12.4 Å². The molecule has 2 N–H and O–H groups in total. The van der Waals surface area contributed by atoms with Gasteiger partial charge >= 0.3 is 0 Å². The minimum Gasteiger partial charge on any atom is -0.484 e. The van der Waals surface area contributed by atoms with Gasteiger partial charge in [0.1, 0.15) is 12.4 Å². The molecule has 0 aliphatic rings. The number of hydrogen-bond acceptors (Lipinski definition) is 3. The molecule has 2 rings (SSSR count). The summed E-state index contributed by atoms with van der Waals surface area (Å²) >= 11 is 5.94. The number of anilines is 1. The van der Waals surface area contributed by atoms with E-state index in [1.165, 1.54) is 6.07 Å². The summed E-state index contributed by atoms with van der Waals surface area (Å²) in [5, 5.41) is 0.442. The summed E-state index contributed by atoms with van der Waals surface area (Å²) in [6, 6.07) is 7.89. The molecule has 3 nitrogen and oxygen atoms in total. The molecule has 0 spiro atoms. The first-order valence-corrected chi connectivity index (χ1v) is 5.74. The monoisotopic (exact) mass is 266 g/mol. The van der Waals surface area contributed by atoms with Crippen LogP contribution in [0.3, 0.4) is 0 Å². The summed E-state index contributed by atoms with van der Waals surface area (Å²) in [6.07, 6.45) is 0. The maximum atomic E-state index is 13.4. The maximum Gasteiger partial charge on any atom is 0.165 e. The van der Waals surface area contributed by atoms with Gasteiger partial charge in [0, 0.05) is 0 Å². The molecule has 0 aliphatic carbocycles. The van der Waals surface area contributed by atoms with Gasteiger partial charge in [-0.1, -0.05) is 17.7 Å². The Morgan fingerprint density at radius 2 is 2.11 bits per heavy atom. The molecule has 5 heteroatoms. The second-order valence-corrected chi connectivity index (χ2v) is 4.29. The minimum absolute atomic E-state index is 0.0737. The highest BCUT2D eigenvalue weighted by Crippen LogP contribution is 2.21. The number of aromatic nitrogens is 1. The highest BCUT2D eigenvalue weighted by molar-refractivity contribution is 6.31. The summed E-state index contributed by atoms with van der Waals surface area (Å²) in [6.45, 7) is 1.93. The molecular formula is C13H12ClFN2O. The van der Waals surface area contributed by atoms with Gasteiger partial charge in [0.2, 0.25) is 0 Å². The van der Waals surface area contributed by atoms with Crippen molar-refractivity contribution in [3.05, 3.63) is 52.4 Å². The Morgan fingerprint density at radius 1 is 1.33 bits per heavy atom. The average Bonchev–Trinajstić information content (AvgIpc) is 2.34. The lowest BCUT2D eigenvalue weighted by molar-refractivity contribution is 0.286. The molecule has 1 aromatic carbocycles. The molecule has 0 unspecified atom stereocenters. The molecule has 0 bridgehead atoms. The smallest absolute Gasteiger partial charge is 0.165 e. The van der Waals surface area contributed by atoms with Crippen molar-refractivity contribution in [3.63, 3.8) is 0 Å². The molecule has 1 aromatic heterocycles. The van der Waals surface area contributed by atoms with Crippen molar-refractivity contribution >= 4 is 17.4 Å². The lowest BCUT2D eigenvalue weighted by Gasteiger charge is -2.09. The first-order chi connectivity index (χ1) is 8.56. The maximum absolute atomic E-state index is 13.4. The van der Waals surface area contributed by atoms with Crippen LogP contribution in [0, 0.1) is 12.7 Å². The van der Waals surface area contributed by atoms with Gasteiger partial charge in [0.25, 0.3) is 0 Å². The van der Waals surface area contributed by atoms with E-state index in [9.17, 15) is 4.39 Å². The quantitative estimate of drug-likeness (QED) is 0.927. The van der Waals surface area contributed by atoms with Crippen molar-refractivity contribution in [2.24, 2.45) is 0 Å². The van der Waals surface area contributed by atoms with Crippen LogP contribution >= 0.6 is 11.6 Å². The van der Waals surface area contributed by atoms with E-state index in [1.807, 2.05) is 6.92 Å². The Morgan fingerprint density at radius 3 is 2.89 bits per heavy atom. The van der Waals surface area contributed by atoms with Crippen LogP contribution < -0.4 is 10.5 Å². The largest absolute Gasteiger partial charge is 0.484 e. The number of benzene rings is 1. The van der Waals surface area contributed by atoms with Crippen LogP contribution in [0.4, 0.5) is 10.2 Å². The fourth-order valence-electron chi connectivity index (χ4n) is 1.47. The fraction of sp³-hybridized carbons (Fsp3) is 0.154. The van der Waals surface area contributed by atoms with Crippen molar-refractivity contribution in [2.75, 3.05) is 5.73 Å². The Kier molecular flexibility index (Phi) is 3.67. The van der Waals surface area contributed by atoms with E-state index >= 15 is 0 Å². The van der Waals surface area contributed by atoms with Gasteiger partial charge in [-0.25, -0.2) is 9.37 Å². The molecular weight excluding hydrogens is 255 g/mol. The van der Waals surface area contributed by atoms with Gasteiger partial charge < -0.3 is 10.5 Å². The zero-order valence-corrected chi connectivity index (χ0v) is 10.5. The summed E-state index contributed by atoms with van der Waals surface area (Å²) in [5.41, 5.74) is 6.95. The van der Waals surface area contributed by atoms with Crippen LogP contribution in [0.25, 0.3) is 0 Å². The molecule has 18 heavy (non-hydrogen) atoms.